The Kier molecular flexibility index (Phi) is 33.6. The van der Waals surface area contributed by atoms with Gasteiger partial charge < -0.3 is 24.5 Å². The van der Waals surface area contributed by atoms with Crippen molar-refractivity contribution in [2.24, 2.45) is 0 Å². The van der Waals surface area contributed by atoms with Crippen molar-refractivity contribution >= 4 is 85.8 Å². The fraction of sp³-hybridized carbons (Fsp3) is 0.139. The minimum Gasteiger partial charge on any atom is -0.343 e. The quantitative estimate of drug-likeness (QED) is 0.0281. The summed E-state index contributed by atoms with van der Waals surface area (Å²) in [6.07, 6.45) is 28.1. The molecule has 0 saturated heterocycles. The van der Waals surface area contributed by atoms with Gasteiger partial charge in [0.15, 0.2) is 28.9 Å². The molecule has 0 aliphatic rings. The molecule has 0 aliphatic carbocycles. The smallest absolute Gasteiger partial charge is 0.343 e. The van der Waals surface area contributed by atoms with Crippen LogP contribution in [-0.2, 0) is 44.5 Å². The molecule has 10 aromatic carbocycles. The summed E-state index contributed by atoms with van der Waals surface area (Å²) in [6.45, 7) is 6.76. The molecule has 660 valence electrons. The van der Waals surface area contributed by atoms with Crippen LogP contribution < -0.4 is 24.5 Å². The summed E-state index contributed by atoms with van der Waals surface area (Å²) in [5, 5.41) is 0. The topological polar surface area (TPSA) is 205 Å². The van der Waals surface area contributed by atoms with Crippen LogP contribution in [0.2, 0.25) is 0 Å². The number of alkyl halides is 6. The third-order valence-corrected chi connectivity index (χ3v) is 20.9. The van der Waals surface area contributed by atoms with Crippen molar-refractivity contribution in [1.29, 1.82) is 0 Å². The monoisotopic (exact) mass is 1760 g/mol. The lowest BCUT2D eigenvalue weighted by molar-refractivity contribution is -0.138. The van der Waals surface area contributed by atoms with Crippen LogP contribution in [0, 0.1) is 50.9 Å². The van der Waals surface area contributed by atoms with E-state index in [1.54, 1.807) is 158 Å². The number of aromatic nitrogens is 8. The normalized spacial score (nSPS) is 10.6. The van der Waals surface area contributed by atoms with Crippen LogP contribution >= 0.6 is 0 Å². The first-order valence-corrected chi connectivity index (χ1v) is 41.5. The molecule has 0 bridgehead atoms. The maximum atomic E-state index is 12.9. The fourth-order valence-corrected chi connectivity index (χ4v) is 13.8. The molecule has 15 rings (SSSR count). The zero-order valence-electron chi connectivity index (χ0n) is 73.4. The van der Waals surface area contributed by atoms with Crippen molar-refractivity contribution in [3.63, 3.8) is 0 Å². The highest BCUT2D eigenvalue weighted by Gasteiger charge is 2.33. The minimum atomic E-state index is -4.47. The largest absolute Gasteiger partial charge is 0.417 e. The van der Waals surface area contributed by atoms with E-state index < -0.39 is 23.5 Å². The summed E-state index contributed by atoms with van der Waals surface area (Å²) in [6, 6.07) is 76.5. The van der Waals surface area contributed by atoms with Gasteiger partial charge in [0.05, 0.1) is 89.1 Å². The van der Waals surface area contributed by atoms with Crippen LogP contribution in [-0.4, -0.2) is 104 Å². The van der Waals surface area contributed by atoms with Crippen LogP contribution in [0.4, 0.5) is 83.2 Å². The number of carbonyl (C=O) groups excluding carboxylic acids is 5. The third-order valence-electron chi connectivity index (χ3n) is 20.9. The van der Waals surface area contributed by atoms with E-state index in [1.165, 1.54) is 31.4 Å². The highest BCUT2D eigenvalue weighted by molar-refractivity contribution is 6.01. The number of pyridine rings is 2. The molecule has 0 saturated carbocycles. The van der Waals surface area contributed by atoms with Crippen molar-refractivity contribution in [2.45, 2.75) is 65.2 Å². The van der Waals surface area contributed by atoms with Crippen LogP contribution in [0.25, 0.3) is 0 Å². The lowest BCUT2D eigenvalue weighted by atomic mass is 10.0. The summed E-state index contributed by atoms with van der Waals surface area (Å²) in [5.41, 5.74) is 17.7. The zero-order chi connectivity index (χ0) is 94.3. The number of benzene rings is 10. The predicted octanol–water partition coefficient (Wildman–Crippen LogP) is 22.5. The number of ketones is 5. The minimum absolute atomic E-state index is 0.00996. The Morgan fingerprint density at radius 3 is 0.795 bits per heavy atom. The Morgan fingerprint density at radius 1 is 0.280 bits per heavy atom. The third kappa shape index (κ3) is 27.7. The van der Waals surface area contributed by atoms with E-state index in [-0.39, 0.29) is 41.8 Å². The highest BCUT2D eigenvalue weighted by atomic mass is 19.4. The first-order chi connectivity index (χ1) is 63.5. The number of hydrogen-bond acceptors (Lipinski definition) is 18. The lowest BCUT2D eigenvalue weighted by Gasteiger charge is -2.23. The van der Waals surface area contributed by atoms with Gasteiger partial charge in [0, 0.05) is 152 Å². The first-order valence-electron chi connectivity index (χ1n) is 41.5. The summed E-state index contributed by atoms with van der Waals surface area (Å²) >= 11 is 0. The van der Waals surface area contributed by atoms with E-state index in [1.807, 2.05) is 183 Å². The molecule has 18 nitrogen and oxygen atoms in total. The van der Waals surface area contributed by atoms with Crippen molar-refractivity contribution in [1.82, 2.24) is 39.9 Å². The van der Waals surface area contributed by atoms with Gasteiger partial charge in [0.25, 0.3) is 0 Å². The van der Waals surface area contributed by atoms with Gasteiger partial charge in [-0.15, -0.1) is 19.3 Å². The number of anilines is 10. The Bertz CT molecular complexity index is 6660. The Hall–Kier alpha value is -16.7. The van der Waals surface area contributed by atoms with Crippen LogP contribution in [0.15, 0.2) is 336 Å². The number of nitrogens with zero attached hydrogens (tertiary/aromatic N) is 13. The molecule has 0 unspecified atom stereocenters. The van der Waals surface area contributed by atoms with Gasteiger partial charge in [-0.05, 0) is 170 Å². The van der Waals surface area contributed by atoms with E-state index in [0.717, 1.165) is 110 Å². The number of Topliss-reactive ketones (excluding diaryl/α,β-unsaturated/α-hetero) is 5. The first kappa shape index (κ1) is 96.0. The molecule has 0 amide bonds. The second-order valence-electron chi connectivity index (χ2n) is 30.4. The average Bonchev–Trinajstić information content (AvgIpc) is 0.820. The maximum absolute atomic E-state index is 12.9. The Balaban J connectivity index is 0.000000159. The van der Waals surface area contributed by atoms with Gasteiger partial charge in [0.2, 0.25) is 0 Å². The van der Waals surface area contributed by atoms with E-state index in [9.17, 15) is 50.3 Å². The molecular formula is C108H91F6N13O5. The van der Waals surface area contributed by atoms with E-state index in [4.69, 9.17) is 19.3 Å². The number of halogens is 6. The molecule has 5 aromatic heterocycles. The molecule has 0 N–H and O–H groups in total. The van der Waals surface area contributed by atoms with Crippen LogP contribution in [0.3, 0.4) is 0 Å². The molecule has 24 heteroatoms. The second kappa shape index (κ2) is 46.2. The van der Waals surface area contributed by atoms with Gasteiger partial charge in [-0.25, -0.2) is 29.9 Å². The molecule has 0 atom stereocenters. The summed E-state index contributed by atoms with van der Waals surface area (Å²) in [4.78, 5) is 104. The van der Waals surface area contributed by atoms with Crippen LogP contribution in [0.1, 0.15) is 125 Å². The lowest BCUT2D eigenvalue weighted by Crippen LogP contribution is -2.16. The molecule has 0 aliphatic heterocycles. The summed E-state index contributed by atoms with van der Waals surface area (Å²) in [7, 11) is 7.21. The molecule has 15 aromatic rings. The summed E-state index contributed by atoms with van der Waals surface area (Å²) in [5.74, 6) is 7.73. The van der Waals surface area contributed by atoms with Crippen molar-refractivity contribution in [3.05, 3.63) is 430 Å². The van der Waals surface area contributed by atoms with Crippen molar-refractivity contribution in [2.75, 3.05) is 59.2 Å². The van der Waals surface area contributed by atoms with E-state index in [2.05, 4.69) is 69.5 Å². The predicted molar refractivity (Wildman–Crippen MR) is 507 cm³/mol. The highest BCUT2D eigenvalue weighted by Crippen LogP contribution is 2.36. The Morgan fingerprint density at radius 2 is 0.523 bits per heavy atom. The standard InChI is InChI=1S/C23H17F3N2O.C22H19F3N2O.C22H19N3O.C21H17N3O.C20H19N3O/c1-3-16-6-4-8-18(10-16)22(29)12-17-7-5-9-20(11-17)28(2)21-13-19(14-27-15-21)23(24,25)26;1-15-5-3-7-17(9-15)21(28)11-16-6-4-8-19(10-16)27(2)20-12-18(13-26-14-20)22(23,24)25;1-3-17-7-5-9-19(11-17)22(26)13-18-8-6-10-20(12-18)25(4-2)21-14-23-16-24-15-21;1-3-16-6-4-8-18(10-16)21(25)12-17-7-5-9-19(11-17)24(2)20-13-22-15-23-14-20;1-15-5-3-7-17(9-15)20(24)11-16-6-4-8-18(10-16)23(2)19-12-21-14-22-13-19/h1,4-11,13-15H,12H2,2H3;3-10,12-14H,11H2,1-2H3;1,5-12,14-16H,4,13H2,2H3;1,4-11,13-15H,12H2,2H3;3-10,12-14H,11H2,1-2H3. The van der Waals surface area contributed by atoms with E-state index >= 15 is 0 Å². The number of aryl methyl sites for hydroxylation is 2. The molecule has 0 spiro atoms. The Labute approximate surface area is 763 Å². The molecular weight excluding hydrogens is 1670 g/mol. The number of terminal acetylenes is 3. The molecule has 132 heavy (non-hydrogen) atoms. The maximum Gasteiger partial charge on any atom is 0.417 e. The SMILES string of the molecule is C#Cc1cccc(C(=O)Cc2cccc(N(C)c3cncc(C(F)(F)F)c3)c2)c1.C#Cc1cccc(C(=O)Cc2cccc(N(C)c3cncnc3)c2)c1.C#Cc1cccc(C(=O)Cc2cccc(N(CC)c3cncnc3)c2)c1.Cc1cccc(C(=O)Cc2cccc(N(C)c3cncc(C(F)(F)F)c3)c2)c1.Cc1cccc(C(=O)Cc2cccc(N(C)c3cncnc3)c2)c1. The van der Waals surface area contributed by atoms with Gasteiger partial charge in [-0.3, -0.25) is 33.9 Å². The van der Waals surface area contributed by atoms with Crippen LogP contribution in [0.5, 0.6) is 0 Å². The van der Waals surface area contributed by atoms with Crippen molar-refractivity contribution in [3.8, 4) is 37.0 Å². The summed E-state index contributed by atoms with van der Waals surface area (Å²) < 4.78 is 77.6. The van der Waals surface area contributed by atoms with Gasteiger partial charge in [0.1, 0.15) is 19.0 Å². The molecule has 5 heterocycles. The molecule has 0 fully saturated rings. The number of carbonyl (C=O) groups is 5. The molecule has 0 radical (unpaired) electrons. The average molecular weight is 1760 g/mol. The fourth-order valence-electron chi connectivity index (χ4n) is 13.8. The van der Waals surface area contributed by atoms with Gasteiger partial charge in [-0.1, -0.05) is 162 Å². The number of rotatable bonds is 26. The number of hydrogen-bond donors (Lipinski definition) is 0. The van der Waals surface area contributed by atoms with E-state index in [0.29, 0.717) is 81.0 Å². The zero-order valence-corrected chi connectivity index (χ0v) is 73.4. The van der Waals surface area contributed by atoms with Gasteiger partial charge in [-0.2, -0.15) is 26.3 Å². The second-order valence-corrected chi connectivity index (χ2v) is 30.4. The van der Waals surface area contributed by atoms with Gasteiger partial charge >= 0.3 is 12.4 Å². The van der Waals surface area contributed by atoms with Crippen molar-refractivity contribution < 1.29 is 50.3 Å².